The van der Waals surface area contributed by atoms with Crippen molar-refractivity contribution in [1.82, 2.24) is 34.7 Å². The quantitative estimate of drug-likeness (QED) is 0.177. The zero-order valence-corrected chi connectivity index (χ0v) is 26.2. The second-order valence-electron chi connectivity index (χ2n) is 10.0. The topological polar surface area (TPSA) is 108 Å². The molecule has 0 aliphatic heterocycles. The third-order valence-electron chi connectivity index (χ3n) is 6.74. The number of hydrogen-bond acceptors (Lipinski definition) is 8. The largest absolute Gasteiger partial charge is 0.441 e. The van der Waals surface area contributed by atoms with Crippen molar-refractivity contribution < 1.29 is 9.53 Å². The summed E-state index contributed by atoms with van der Waals surface area (Å²) in [4.78, 5) is 33.5. The van der Waals surface area contributed by atoms with Gasteiger partial charge in [0.25, 0.3) is 5.56 Å². The lowest BCUT2D eigenvalue weighted by Gasteiger charge is -2.18. The number of rotatable bonds is 11. The van der Waals surface area contributed by atoms with Crippen molar-refractivity contribution in [3.63, 3.8) is 0 Å². The molecule has 2 heterocycles. The SMILES string of the molecule is CCCCc1nc(C)c(CC(=S)N(C)C)c(=O)n1Cc1ccc(-c2ccccc2-c2nnn(COC(C)=O)n2)cc1.Cl. The van der Waals surface area contributed by atoms with Crippen molar-refractivity contribution in [2.24, 2.45) is 0 Å². The number of benzene rings is 2. The lowest BCUT2D eigenvalue weighted by molar-refractivity contribution is -0.145. The molecule has 12 heteroatoms. The highest BCUT2D eigenvalue weighted by atomic mass is 35.5. The Morgan fingerprint density at radius 1 is 1.07 bits per heavy atom. The Bertz CT molecular complexity index is 1600. The number of tetrazole rings is 1. The van der Waals surface area contributed by atoms with Gasteiger partial charge in [-0.3, -0.25) is 14.2 Å². The Hall–Kier alpha value is -3.96. The molecule has 0 aliphatic rings. The van der Waals surface area contributed by atoms with Gasteiger partial charge in [-0.15, -0.1) is 27.4 Å². The summed E-state index contributed by atoms with van der Waals surface area (Å²) in [6.45, 7) is 5.67. The van der Waals surface area contributed by atoms with Crippen molar-refractivity contribution in [3.8, 4) is 22.5 Å². The lowest BCUT2D eigenvalue weighted by atomic mass is 9.98. The monoisotopic (exact) mass is 609 g/mol. The van der Waals surface area contributed by atoms with Gasteiger partial charge in [-0.1, -0.05) is 74.1 Å². The van der Waals surface area contributed by atoms with E-state index in [1.54, 1.807) is 4.57 Å². The molecular weight excluding hydrogens is 574 g/mol. The highest BCUT2D eigenvalue weighted by Gasteiger charge is 2.17. The van der Waals surface area contributed by atoms with Crippen LogP contribution in [0.3, 0.4) is 0 Å². The summed E-state index contributed by atoms with van der Waals surface area (Å²) >= 11 is 5.50. The standard InChI is InChI=1S/C30H35N7O3S.ClH/c1-6-7-12-27-31-20(2)26(17-28(41)35(4)5)30(39)36(27)18-22-13-15-23(16-14-22)24-10-8-9-11-25(24)29-32-34-37(33-29)19-40-21(3)38;/h8-11,13-16H,6-7,12,17-19H2,1-5H3;1H. The number of likely N-dealkylation sites (N-methyl/N-ethyl adjacent to an activating group) is 1. The second-order valence-corrected chi connectivity index (χ2v) is 10.5. The number of ether oxygens (including phenoxy) is 1. The molecule has 10 nitrogen and oxygen atoms in total. The summed E-state index contributed by atoms with van der Waals surface area (Å²) in [6, 6.07) is 15.9. The fourth-order valence-corrected chi connectivity index (χ4v) is 4.56. The van der Waals surface area contributed by atoms with Crippen LogP contribution >= 0.6 is 24.6 Å². The fraction of sp³-hybridized carbons (Fsp3) is 0.367. The first-order chi connectivity index (χ1) is 19.7. The molecule has 0 spiro atoms. The van der Waals surface area contributed by atoms with Gasteiger partial charge in [0.2, 0.25) is 12.6 Å². The van der Waals surface area contributed by atoms with Gasteiger partial charge in [-0.2, -0.15) is 0 Å². The first-order valence-corrected chi connectivity index (χ1v) is 14.0. The molecule has 0 saturated heterocycles. The molecule has 0 unspecified atom stereocenters. The van der Waals surface area contributed by atoms with Crippen molar-refractivity contribution >= 4 is 35.6 Å². The van der Waals surface area contributed by atoms with Gasteiger partial charge in [-0.25, -0.2) is 4.98 Å². The zero-order valence-electron chi connectivity index (χ0n) is 24.5. The number of halogens is 1. The Morgan fingerprint density at radius 3 is 2.40 bits per heavy atom. The van der Waals surface area contributed by atoms with Gasteiger partial charge in [0.05, 0.1) is 11.5 Å². The molecule has 0 atom stereocenters. The molecule has 222 valence electrons. The summed E-state index contributed by atoms with van der Waals surface area (Å²) in [5.41, 5.74) is 5.04. The van der Waals surface area contributed by atoms with Gasteiger partial charge >= 0.3 is 5.97 Å². The van der Waals surface area contributed by atoms with Gasteiger partial charge < -0.3 is 9.64 Å². The minimum absolute atomic E-state index is 0. The maximum absolute atomic E-state index is 13.7. The molecule has 2 aromatic heterocycles. The third-order valence-corrected chi connectivity index (χ3v) is 7.25. The molecule has 0 aliphatic carbocycles. The molecule has 0 fully saturated rings. The van der Waals surface area contributed by atoms with Crippen molar-refractivity contribution in [2.45, 2.75) is 59.7 Å². The van der Waals surface area contributed by atoms with E-state index in [0.717, 1.165) is 53.0 Å². The fourth-order valence-electron chi connectivity index (χ4n) is 4.41. The summed E-state index contributed by atoms with van der Waals surface area (Å²) in [5.74, 6) is 0.808. The molecule has 0 bridgehead atoms. The van der Waals surface area contributed by atoms with E-state index in [1.807, 2.05) is 74.4 Å². The maximum Gasteiger partial charge on any atom is 0.304 e. The molecule has 0 amide bonds. The van der Waals surface area contributed by atoms with Crippen molar-refractivity contribution in [3.05, 3.63) is 81.5 Å². The summed E-state index contributed by atoms with van der Waals surface area (Å²) < 4.78 is 6.75. The molecule has 2 aromatic carbocycles. The van der Waals surface area contributed by atoms with E-state index in [2.05, 4.69) is 22.3 Å². The van der Waals surface area contributed by atoms with E-state index in [4.69, 9.17) is 21.9 Å². The van der Waals surface area contributed by atoms with E-state index in [1.165, 1.54) is 11.7 Å². The van der Waals surface area contributed by atoms with Gasteiger partial charge in [0.15, 0.2) is 0 Å². The van der Waals surface area contributed by atoms with E-state index >= 15 is 0 Å². The number of esters is 1. The zero-order chi connectivity index (χ0) is 29.5. The molecular formula is C30H36ClN7O3S. The van der Waals surface area contributed by atoms with E-state index in [0.29, 0.717) is 29.3 Å². The number of carbonyl (C=O) groups is 1. The smallest absolute Gasteiger partial charge is 0.304 e. The number of unbranched alkanes of at least 4 members (excludes halogenated alkanes) is 1. The molecule has 4 rings (SSSR count). The molecule has 42 heavy (non-hydrogen) atoms. The van der Waals surface area contributed by atoms with Crippen LogP contribution in [0.4, 0.5) is 0 Å². The molecule has 0 N–H and O–H groups in total. The minimum atomic E-state index is -0.418. The minimum Gasteiger partial charge on any atom is -0.441 e. The van der Waals surface area contributed by atoms with Gasteiger partial charge in [0, 0.05) is 50.7 Å². The summed E-state index contributed by atoms with van der Waals surface area (Å²) in [7, 11) is 3.78. The maximum atomic E-state index is 13.7. The van der Waals surface area contributed by atoms with Crippen LogP contribution in [0.2, 0.25) is 0 Å². The van der Waals surface area contributed by atoms with Gasteiger partial charge in [-0.05, 0) is 35.2 Å². The summed E-state index contributed by atoms with van der Waals surface area (Å²) in [5, 5.41) is 12.5. The average molecular weight is 610 g/mol. The number of nitrogens with zero attached hydrogens (tertiary/aromatic N) is 7. The van der Waals surface area contributed by atoms with Crippen LogP contribution in [0, 0.1) is 6.92 Å². The number of carbonyl (C=O) groups excluding carboxylic acids is 1. The number of aromatic nitrogens is 6. The van der Waals surface area contributed by atoms with Crippen LogP contribution in [0.5, 0.6) is 0 Å². The number of thiocarbonyl (C=S) groups is 1. The Kier molecular flexibility index (Phi) is 11.5. The van der Waals surface area contributed by atoms with Crippen LogP contribution in [0.1, 0.15) is 49.3 Å². The Morgan fingerprint density at radius 2 is 1.76 bits per heavy atom. The normalized spacial score (nSPS) is 10.7. The van der Waals surface area contributed by atoms with E-state index in [-0.39, 0.29) is 24.7 Å². The Balaban J connectivity index is 0.00000484. The second kappa shape index (κ2) is 14.8. The molecule has 0 radical (unpaired) electrons. The van der Waals surface area contributed by atoms with Crippen LogP contribution < -0.4 is 5.56 Å². The van der Waals surface area contributed by atoms with Crippen LogP contribution in [-0.2, 0) is 35.6 Å². The number of aryl methyl sites for hydroxylation is 2. The lowest BCUT2D eigenvalue weighted by Crippen LogP contribution is -2.33. The van der Waals surface area contributed by atoms with E-state index < -0.39 is 5.97 Å². The number of hydrogen-bond donors (Lipinski definition) is 0. The third kappa shape index (κ3) is 7.86. The predicted molar refractivity (Wildman–Crippen MR) is 169 cm³/mol. The Labute approximate surface area is 257 Å². The first-order valence-electron chi connectivity index (χ1n) is 13.6. The molecule has 0 saturated carbocycles. The van der Waals surface area contributed by atoms with Gasteiger partial charge in [0.1, 0.15) is 5.82 Å². The van der Waals surface area contributed by atoms with Crippen LogP contribution in [0.15, 0.2) is 53.3 Å². The van der Waals surface area contributed by atoms with Crippen LogP contribution in [-0.4, -0.2) is 59.7 Å². The highest BCUT2D eigenvalue weighted by Crippen LogP contribution is 2.30. The summed E-state index contributed by atoms with van der Waals surface area (Å²) in [6.07, 6.45) is 3.10. The van der Waals surface area contributed by atoms with Crippen LogP contribution in [0.25, 0.3) is 22.5 Å². The average Bonchev–Trinajstić information content (AvgIpc) is 3.44. The first kappa shape index (κ1) is 32.6. The highest BCUT2D eigenvalue weighted by molar-refractivity contribution is 7.80. The molecule has 4 aromatic rings. The predicted octanol–water partition coefficient (Wildman–Crippen LogP) is 4.64. The van der Waals surface area contributed by atoms with Crippen molar-refractivity contribution in [1.29, 1.82) is 0 Å². The van der Waals surface area contributed by atoms with Crippen molar-refractivity contribution in [2.75, 3.05) is 14.1 Å². The van der Waals surface area contributed by atoms with E-state index in [9.17, 15) is 9.59 Å².